The molecule has 0 N–H and O–H groups in total. The highest BCUT2D eigenvalue weighted by atomic mass is 32.1. The molecule has 1 atom stereocenters. The molecular formula is C25H23N3O2S. The molecule has 0 saturated carbocycles. The fourth-order valence-corrected chi connectivity index (χ4v) is 4.76. The van der Waals surface area contributed by atoms with E-state index in [0.717, 1.165) is 34.8 Å². The first-order valence-corrected chi connectivity index (χ1v) is 11.3. The van der Waals surface area contributed by atoms with Crippen LogP contribution in [0.5, 0.6) is 0 Å². The number of thiophene rings is 1. The lowest BCUT2D eigenvalue weighted by molar-refractivity contribution is 0.0168. The van der Waals surface area contributed by atoms with Crippen molar-refractivity contribution in [3.63, 3.8) is 0 Å². The van der Waals surface area contributed by atoms with Gasteiger partial charge in [0.1, 0.15) is 11.0 Å². The molecule has 2 aromatic carbocycles. The van der Waals surface area contributed by atoms with E-state index in [1.54, 1.807) is 17.5 Å². The highest BCUT2D eigenvalue weighted by molar-refractivity contribution is 7.12. The lowest BCUT2D eigenvalue weighted by atomic mass is 9.96. The monoisotopic (exact) mass is 429 g/mol. The number of imidazole rings is 1. The van der Waals surface area contributed by atoms with Crippen molar-refractivity contribution in [1.82, 2.24) is 14.5 Å². The largest absolute Gasteiger partial charge is 0.379 e. The minimum atomic E-state index is -0.394. The van der Waals surface area contributed by atoms with E-state index in [1.807, 2.05) is 46.5 Å². The van der Waals surface area contributed by atoms with Gasteiger partial charge < -0.3 is 4.74 Å². The summed E-state index contributed by atoms with van der Waals surface area (Å²) in [5.74, 6) is 0.471. The van der Waals surface area contributed by atoms with E-state index in [9.17, 15) is 4.79 Å². The molecule has 1 fully saturated rings. The van der Waals surface area contributed by atoms with E-state index >= 15 is 0 Å². The molecule has 6 heteroatoms. The molecule has 1 aliphatic heterocycles. The van der Waals surface area contributed by atoms with Crippen LogP contribution in [0.15, 0.2) is 84.5 Å². The summed E-state index contributed by atoms with van der Waals surface area (Å²) < 4.78 is 7.43. The smallest absolute Gasteiger partial charge is 0.220 e. The summed E-state index contributed by atoms with van der Waals surface area (Å²) in [5, 5.41) is 2.99. The summed E-state index contributed by atoms with van der Waals surface area (Å²) in [6.07, 6.45) is 3.55. The van der Waals surface area contributed by atoms with Crippen molar-refractivity contribution in [2.45, 2.75) is 6.04 Å². The van der Waals surface area contributed by atoms with Gasteiger partial charge in [-0.05, 0) is 34.2 Å². The summed E-state index contributed by atoms with van der Waals surface area (Å²) in [4.78, 5) is 20.5. The van der Waals surface area contributed by atoms with Crippen LogP contribution in [-0.4, -0.2) is 46.5 Å². The SMILES string of the molecule is O=C(c1nccn1-c1cccs1)[C@H](c1ccc(-c2ccccc2)cc1)N1CCOCC1. The molecular weight excluding hydrogens is 406 g/mol. The van der Waals surface area contributed by atoms with Gasteiger partial charge in [0.25, 0.3) is 0 Å². The second-order valence-corrected chi connectivity index (χ2v) is 8.40. The van der Waals surface area contributed by atoms with Crippen molar-refractivity contribution < 1.29 is 9.53 Å². The summed E-state index contributed by atoms with van der Waals surface area (Å²) in [6, 6.07) is 22.2. The van der Waals surface area contributed by atoms with Crippen molar-refractivity contribution in [2.75, 3.05) is 26.3 Å². The van der Waals surface area contributed by atoms with Gasteiger partial charge in [-0.25, -0.2) is 4.98 Å². The first kappa shape index (κ1) is 19.9. The molecule has 5 rings (SSSR count). The molecule has 0 unspecified atom stereocenters. The Balaban J connectivity index is 1.51. The van der Waals surface area contributed by atoms with E-state index in [0.29, 0.717) is 19.0 Å². The van der Waals surface area contributed by atoms with Crippen LogP contribution in [-0.2, 0) is 4.74 Å². The van der Waals surface area contributed by atoms with Gasteiger partial charge in [-0.2, -0.15) is 0 Å². The maximum Gasteiger partial charge on any atom is 0.220 e. The number of morpholine rings is 1. The second kappa shape index (κ2) is 8.98. The molecule has 3 heterocycles. The van der Waals surface area contributed by atoms with Crippen molar-refractivity contribution in [3.05, 3.63) is 95.9 Å². The summed E-state index contributed by atoms with van der Waals surface area (Å²) in [6.45, 7) is 2.70. The number of hydrogen-bond acceptors (Lipinski definition) is 5. The quantitative estimate of drug-likeness (QED) is 0.411. The van der Waals surface area contributed by atoms with Crippen molar-refractivity contribution >= 4 is 17.1 Å². The molecule has 0 bridgehead atoms. The molecule has 31 heavy (non-hydrogen) atoms. The number of ether oxygens (including phenoxy) is 1. The number of rotatable bonds is 6. The number of hydrogen-bond donors (Lipinski definition) is 0. The number of ketones is 1. The molecule has 0 aliphatic carbocycles. The zero-order valence-electron chi connectivity index (χ0n) is 17.1. The van der Waals surface area contributed by atoms with Gasteiger partial charge in [0.05, 0.1) is 13.2 Å². The zero-order chi connectivity index (χ0) is 21.0. The minimum Gasteiger partial charge on any atom is -0.379 e. The van der Waals surface area contributed by atoms with E-state index in [4.69, 9.17) is 4.74 Å². The Bertz CT molecular complexity index is 1130. The van der Waals surface area contributed by atoms with Crippen molar-refractivity contribution in [2.24, 2.45) is 0 Å². The van der Waals surface area contributed by atoms with Gasteiger partial charge in [0.15, 0.2) is 5.82 Å². The van der Waals surface area contributed by atoms with Crippen LogP contribution >= 0.6 is 11.3 Å². The maximum atomic E-state index is 13.8. The van der Waals surface area contributed by atoms with Crippen molar-refractivity contribution in [3.8, 4) is 16.1 Å². The Morgan fingerprint density at radius 3 is 2.39 bits per heavy atom. The fraction of sp³-hybridized carbons (Fsp3) is 0.200. The molecule has 2 aromatic heterocycles. The topological polar surface area (TPSA) is 47.4 Å². The molecule has 0 amide bonds. The Labute approximate surface area is 185 Å². The number of carbonyl (C=O) groups is 1. The molecule has 156 valence electrons. The Kier molecular flexibility index (Phi) is 5.76. The van der Waals surface area contributed by atoms with Gasteiger partial charge in [0, 0.05) is 25.5 Å². The third-order valence-corrected chi connectivity index (χ3v) is 6.46. The van der Waals surface area contributed by atoms with Crippen LogP contribution in [0.25, 0.3) is 16.1 Å². The lowest BCUT2D eigenvalue weighted by Gasteiger charge is -2.33. The number of nitrogens with zero attached hydrogens (tertiary/aromatic N) is 3. The molecule has 0 radical (unpaired) electrons. The van der Waals surface area contributed by atoms with Crippen LogP contribution in [0, 0.1) is 0 Å². The average Bonchev–Trinajstić information content (AvgIpc) is 3.53. The number of aromatic nitrogens is 2. The van der Waals surface area contributed by atoms with E-state index in [-0.39, 0.29) is 5.78 Å². The van der Waals surface area contributed by atoms with Crippen LogP contribution in [0.4, 0.5) is 0 Å². The third-order valence-electron chi connectivity index (χ3n) is 5.60. The van der Waals surface area contributed by atoms with Gasteiger partial charge in [-0.1, -0.05) is 54.6 Å². The van der Waals surface area contributed by atoms with Crippen molar-refractivity contribution in [1.29, 1.82) is 0 Å². The number of benzene rings is 2. The average molecular weight is 430 g/mol. The standard InChI is InChI=1S/C25H23N3O2S/c29-24(25-26-12-13-28(25)22-7-4-18-31-22)23(27-14-16-30-17-15-27)21-10-8-20(9-11-21)19-5-2-1-3-6-19/h1-13,18,23H,14-17H2/t23-/m0/s1. The maximum absolute atomic E-state index is 13.8. The van der Waals surface area contributed by atoms with Crippen LogP contribution in [0.1, 0.15) is 22.2 Å². The summed E-state index contributed by atoms with van der Waals surface area (Å²) >= 11 is 1.59. The van der Waals surface area contributed by atoms with Crippen LogP contribution < -0.4 is 0 Å². The molecule has 5 nitrogen and oxygen atoms in total. The number of Topliss-reactive ketones (excluding diaryl/α,β-unsaturated/α-hetero) is 1. The molecule has 4 aromatic rings. The first-order valence-electron chi connectivity index (χ1n) is 10.4. The Morgan fingerprint density at radius 1 is 0.935 bits per heavy atom. The van der Waals surface area contributed by atoms with Crippen LogP contribution in [0.2, 0.25) is 0 Å². The highest BCUT2D eigenvalue weighted by Gasteiger charge is 2.32. The van der Waals surface area contributed by atoms with E-state index in [2.05, 4.69) is 46.3 Å². The second-order valence-electron chi connectivity index (χ2n) is 7.48. The lowest BCUT2D eigenvalue weighted by Crippen LogP contribution is -2.42. The first-order chi connectivity index (χ1) is 15.3. The minimum absolute atomic E-state index is 0.00719. The van der Waals surface area contributed by atoms with Gasteiger partial charge in [0.2, 0.25) is 5.78 Å². The van der Waals surface area contributed by atoms with E-state index in [1.165, 1.54) is 0 Å². The summed E-state index contributed by atoms with van der Waals surface area (Å²) in [7, 11) is 0. The van der Waals surface area contributed by atoms with Gasteiger partial charge in [-0.15, -0.1) is 11.3 Å². The van der Waals surface area contributed by atoms with Gasteiger partial charge >= 0.3 is 0 Å². The normalized spacial score (nSPS) is 15.6. The summed E-state index contributed by atoms with van der Waals surface area (Å²) in [5.41, 5.74) is 3.28. The van der Waals surface area contributed by atoms with Crippen LogP contribution in [0.3, 0.4) is 0 Å². The number of carbonyl (C=O) groups excluding carboxylic acids is 1. The Hall–Kier alpha value is -3.06. The van der Waals surface area contributed by atoms with Gasteiger partial charge in [-0.3, -0.25) is 14.3 Å². The van der Waals surface area contributed by atoms with E-state index < -0.39 is 6.04 Å². The molecule has 1 aliphatic rings. The Morgan fingerprint density at radius 2 is 1.68 bits per heavy atom. The zero-order valence-corrected chi connectivity index (χ0v) is 17.9. The fourth-order valence-electron chi connectivity index (χ4n) is 4.04. The predicted molar refractivity (Wildman–Crippen MR) is 123 cm³/mol. The highest BCUT2D eigenvalue weighted by Crippen LogP contribution is 2.29. The third kappa shape index (κ3) is 4.10. The molecule has 0 spiro atoms. The molecule has 1 saturated heterocycles. The predicted octanol–water partition coefficient (Wildman–Crippen LogP) is 4.86.